The van der Waals surface area contributed by atoms with Crippen molar-refractivity contribution in [2.24, 2.45) is 18.9 Å². The standard InChI is InChI=1S/C13H16N6/c1-18-13(14)16-12(17-18)8-2-3-11(15-5-8)19-6-9-4-10(9)7-19/h2-3,5,9-10H,4,6-7H2,1H3,(H2,14,16,17)/t9-,10?/m1/s1. The van der Waals surface area contributed by atoms with Crippen molar-refractivity contribution in [3.8, 4) is 11.4 Å². The molecule has 98 valence electrons. The van der Waals surface area contributed by atoms with Crippen molar-refractivity contribution < 1.29 is 0 Å². The van der Waals surface area contributed by atoms with Gasteiger partial charge in [-0.1, -0.05) is 0 Å². The van der Waals surface area contributed by atoms with Gasteiger partial charge >= 0.3 is 0 Å². The average Bonchev–Trinajstić information content (AvgIpc) is 2.88. The van der Waals surface area contributed by atoms with Crippen LogP contribution in [-0.2, 0) is 7.05 Å². The van der Waals surface area contributed by atoms with Crippen LogP contribution in [0.3, 0.4) is 0 Å². The molecule has 1 unspecified atom stereocenters. The number of aromatic nitrogens is 4. The van der Waals surface area contributed by atoms with Crippen LogP contribution in [0.5, 0.6) is 0 Å². The number of aryl methyl sites for hydroxylation is 1. The lowest BCUT2D eigenvalue weighted by atomic mass is 10.2. The van der Waals surface area contributed by atoms with Gasteiger partial charge in [-0.2, -0.15) is 4.98 Å². The minimum atomic E-state index is 0.415. The molecule has 0 amide bonds. The van der Waals surface area contributed by atoms with Gasteiger partial charge in [-0.25, -0.2) is 9.67 Å². The van der Waals surface area contributed by atoms with E-state index in [0.717, 1.165) is 36.3 Å². The lowest BCUT2D eigenvalue weighted by Gasteiger charge is -2.18. The van der Waals surface area contributed by atoms with Gasteiger partial charge in [-0.3, -0.25) is 0 Å². The van der Waals surface area contributed by atoms with Crippen molar-refractivity contribution in [2.45, 2.75) is 6.42 Å². The Kier molecular flexibility index (Phi) is 2.09. The summed E-state index contributed by atoms with van der Waals surface area (Å²) in [5.41, 5.74) is 6.59. The minimum Gasteiger partial charge on any atom is -0.368 e. The van der Waals surface area contributed by atoms with Gasteiger partial charge in [0.05, 0.1) is 0 Å². The van der Waals surface area contributed by atoms with Gasteiger partial charge in [0.2, 0.25) is 5.95 Å². The van der Waals surface area contributed by atoms with E-state index in [2.05, 4.69) is 20.0 Å². The van der Waals surface area contributed by atoms with Gasteiger partial charge < -0.3 is 10.6 Å². The Hall–Kier alpha value is -2.11. The Morgan fingerprint density at radius 1 is 1.26 bits per heavy atom. The van der Waals surface area contributed by atoms with Crippen LogP contribution >= 0.6 is 0 Å². The summed E-state index contributed by atoms with van der Waals surface area (Å²) < 4.78 is 1.57. The van der Waals surface area contributed by atoms with E-state index in [1.807, 2.05) is 18.3 Å². The highest BCUT2D eigenvalue weighted by atomic mass is 15.4. The second-order valence-electron chi connectivity index (χ2n) is 5.48. The first kappa shape index (κ1) is 10.8. The third kappa shape index (κ3) is 1.75. The van der Waals surface area contributed by atoms with E-state index in [0.29, 0.717) is 11.8 Å². The fraction of sp³-hybridized carbons (Fsp3) is 0.462. The third-order valence-corrected chi connectivity index (χ3v) is 4.11. The molecule has 1 saturated heterocycles. The molecule has 1 aliphatic carbocycles. The second-order valence-corrected chi connectivity index (χ2v) is 5.48. The van der Waals surface area contributed by atoms with Crippen LogP contribution in [0.4, 0.5) is 11.8 Å². The zero-order valence-electron chi connectivity index (χ0n) is 10.8. The molecular formula is C13H16N6. The molecule has 0 spiro atoms. The fourth-order valence-corrected chi connectivity index (χ4v) is 2.81. The molecule has 0 aromatic carbocycles. The van der Waals surface area contributed by atoms with E-state index in [4.69, 9.17) is 5.73 Å². The number of fused-ring (bicyclic) bond motifs is 1. The Morgan fingerprint density at radius 3 is 2.63 bits per heavy atom. The van der Waals surface area contributed by atoms with Crippen LogP contribution in [-0.4, -0.2) is 32.8 Å². The molecule has 19 heavy (non-hydrogen) atoms. The van der Waals surface area contributed by atoms with E-state index < -0.39 is 0 Å². The molecule has 1 saturated carbocycles. The summed E-state index contributed by atoms with van der Waals surface area (Å²) in [7, 11) is 1.78. The van der Waals surface area contributed by atoms with E-state index >= 15 is 0 Å². The Balaban J connectivity index is 1.58. The maximum atomic E-state index is 5.69. The molecule has 2 aromatic heterocycles. The van der Waals surface area contributed by atoms with E-state index in [-0.39, 0.29) is 0 Å². The number of hydrogen-bond donors (Lipinski definition) is 1. The van der Waals surface area contributed by atoms with Crippen LogP contribution < -0.4 is 10.6 Å². The summed E-state index contributed by atoms with van der Waals surface area (Å²) in [6, 6.07) is 4.06. The molecule has 4 rings (SSSR count). The van der Waals surface area contributed by atoms with Crippen LogP contribution in [0.15, 0.2) is 18.3 Å². The molecule has 2 N–H and O–H groups in total. The number of rotatable bonds is 2. The summed E-state index contributed by atoms with van der Waals surface area (Å²) in [6.45, 7) is 2.32. The van der Waals surface area contributed by atoms with Gasteiger partial charge in [0.1, 0.15) is 5.82 Å². The highest BCUT2D eigenvalue weighted by Gasteiger charge is 2.45. The summed E-state index contributed by atoms with van der Waals surface area (Å²) in [5.74, 6) is 3.93. The topological polar surface area (TPSA) is 72.9 Å². The third-order valence-electron chi connectivity index (χ3n) is 4.11. The minimum absolute atomic E-state index is 0.415. The van der Waals surface area contributed by atoms with Crippen LogP contribution in [0.25, 0.3) is 11.4 Å². The van der Waals surface area contributed by atoms with Crippen molar-refractivity contribution in [2.75, 3.05) is 23.7 Å². The highest BCUT2D eigenvalue weighted by Crippen LogP contribution is 2.45. The largest absolute Gasteiger partial charge is 0.368 e. The number of pyridine rings is 1. The maximum Gasteiger partial charge on any atom is 0.218 e. The molecular weight excluding hydrogens is 240 g/mol. The van der Waals surface area contributed by atoms with Gasteiger partial charge in [0.15, 0.2) is 5.82 Å². The smallest absolute Gasteiger partial charge is 0.218 e. The number of nitrogens with two attached hydrogens (primary N) is 1. The first-order valence-corrected chi connectivity index (χ1v) is 6.58. The van der Waals surface area contributed by atoms with Gasteiger partial charge in [-0.15, -0.1) is 5.10 Å². The molecule has 6 nitrogen and oxygen atoms in total. The van der Waals surface area contributed by atoms with Gasteiger partial charge in [0.25, 0.3) is 0 Å². The number of nitrogens with zero attached hydrogens (tertiary/aromatic N) is 5. The summed E-state index contributed by atoms with van der Waals surface area (Å²) in [5, 5.41) is 4.25. The van der Waals surface area contributed by atoms with Crippen molar-refractivity contribution in [3.05, 3.63) is 18.3 Å². The van der Waals surface area contributed by atoms with Crippen molar-refractivity contribution in [1.82, 2.24) is 19.7 Å². The Morgan fingerprint density at radius 2 is 2.05 bits per heavy atom. The van der Waals surface area contributed by atoms with Crippen molar-refractivity contribution in [1.29, 1.82) is 0 Å². The first-order chi connectivity index (χ1) is 9.20. The maximum absolute atomic E-state index is 5.69. The molecule has 3 heterocycles. The Labute approximate surface area is 111 Å². The molecule has 2 aromatic rings. The predicted molar refractivity (Wildman–Crippen MR) is 72.5 cm³/mol. The van der Waals surface area contributed by atoms with E-state index in [1.165, 1.54) is 6.42 Å². The van der Waals surface area contributed by atoms with Crippen molar-refractivity contribution >= 4 is 11.8 Å². The first-order valence-electron chi connectivity index (χ1n) is 6.58. The number of nitrogen functional groups attached to an aromatic ring is 1. The van der Waals surface area contributed by atoms with Crippen LogP contribution in [0.1, 0.15) is 6.42 Å². The number of piperidine rings is 1. The summed E-state index contributed by atoms with van der Waals surface area (Å²) in [6.07, 6.45) is 3.24. The molecule has 2 aliphatic rings. The molecule has 2 atom stereocenters. The number of hydrogen-bond acceptors (Lipinski definition) is 5. The SMILES string of the molecule is Cn1nc(-c2ccc(N3CC4C[C@@H]4C3)nc2)nc1N. The van der Waals surface area contributed by atoms with E-state index in [9.17, 15) is 0 Å². The quantitative estimate of drug-likeness (QED) is 0.864. The fourth-order valence-electron chi connectivity index (χ4n) is 2.81. The highest BCUT2D eigenvalue weighted by molar-refractivity contribution is 5.57. The molecule has 1 aliphatic heterocycles. The molecule has 0 radical (unpaired) electrons. The normalized spacial score (nSPS) is 24.6. The van der Waals surface area contributed by atoms with Crippen LogP contribution in [0.2, 0.25) is 0 Å². The lowest BCUT2D eigenvalue weighted by molar-refractivity contribution is 0.780. The zero-order chi connectivity index (χ0) is 13.0. The van der Waals surface area contributed by atoms with Crippen molar-refractivity contribution in [3.63, 3.8) is 0 Å². The number of anilines is 2. The van der Waals surface area contributed by atoms with Gasteiger partial charge in [-0.05, 0) is 30.4 Å². The van der Waals surface area contributed by atoms with E-state index in [1.54, 1.807) is 11.7 Å². The zero-order valence-corrected chi connectivity index (χ0v) is 10.8. The molecule has 2 fully saturated rings. The summed E-state index contributed by atoms with van der Waals surface area (Å²) in [4.78, 5) is 11.1. The predicted octanol–water partition coefficient (Wildman–Crippen LogP) is 0.915. The second kappa shape index (κ2) is 3.69. The Bertz CT molecular complexity index is 587. The summed E-state index contributed by atoms with van der Waals surface area (Å²) >= 11 is 0. The average molecular weight is 256 g/mol. The van der Waals surface area contributed by atoms with Crippen LogP contribution in [0, 0.1) is 11.8 Å². The molecule has 6 heteroatoms. The lowest BCUT2D eigenvalue weighted by Crippen LogP contribution is -2.22. The molecule has 0 bridgehead atoms. The van der Waals surface area contributed by atoms with Gasteiger partial charge in [0, 0.05) is 31.9 Å². The monoisotopic (exact) mass is 256 g/mol.